The Labute approximate surface area is 152 Å². The Balaban J connectivity index is 1.33. The summed E-state index contributed by atoms with van der Waals surface area (Å²) in [6.07, 6.45) is 4.09. The van der Waals surface area contributed by atoms with Gasteiger partial charge in [-0.15, -0.1) is 0 Å². The van der Waals surface area contributed by atoms with E-state index in [2.05, 4.69) is 15.5 Å². The van der Waals surface area contributed by atoms with E-state index in [0.717, 1.165) is 43.1 Å². The Morgan fingerprint density at radius 1 is 1.31 bits per heavy atom. The Bertz CT molecular complexity index is 775. The first-order valence-corrected chi connectivity index (χ1v) is 9.23. The van der Waals surface area contributed by atoms with Crippen LogP contribution in [0.15, 0.2) is 28.9 Å². The number of H-pyrrole nitrogens is 1. The van der Waals surface area contributed by atoms with E-state index < -0.39 is 0 Å². The van der Waals surface area contributed by atoms with Crippen molar-refractivity contribution < 1.29 is 14.0 Å². The molecule has 7 nitrogen and oxygen atoms in total. The molecule has 26 heavy (non-hydrogen) atoms. The van der Waals surface area contributed by atoms with Crippen LogP contribution in [0.2, 0.25) is 0 Å². The Kier molecular flexibility index (Phi) is 4.63. The predicted octanol–water partition coefficient (Wildman–Crippen LogP) is 1.94. The zero-order chi connectivity index (χ0) is 18.1. The maximum Gasteiger partial charge on any atom is 0.239 e. The van der Waals surface area contributed by atoms with Crippen LogP contribution in [0.4, 0.5) is 0 Å². The summed E-state index contributed by atoms with van der Waals surface area (Å²) < 4.78 is 5.38. The molecular weight excluding hydrogens is 332 g/mol. The van der Waals surface area contributed by atoms with Gasteiger partial charge in [0.25, 0.3) is 0 Å². The van der Waals surface area contributed by atoms with Crippen molar-refractivity contribution in [1.29, 1.82) is 0 Å². The first-order chi connectivity index (χ1) is 12.6. The van der Waals surface area contributed by atoms with Gasteiger partial charge in [0.2, 0.25) is 5.91 Å². The molecule has 2 N–H and O–H groups in total. The van der Waals surface area contributed by atoms with Gasteiger partial charge < -0.3 is 14.6 Å². The van der Waals surface area contributed by atoms with E-state index in [1.165, 1.54) is 0 Å². The van der Waals surface area contributed by atoms with Crippen LogP contribution in [0.1, 0.15) is 37.8 Å². The third kappa shape index (κ3) is 3.31. The number of aromatic nitrogens is 2. The molecule has 2 aromatic rings. The number of carbonyl (C=O) groups is 2. The first-order valence-electron chi connectivity index (χ1n) is 9.23. The number of hydrogen-bond acceptors (Lipinski definition) is 5. The second-order valence-electron chi connectivity index (χ2n) is 7.29. The van der Waals surface area contributed by atoms with Crippen molar-refractivity contribution in [2.24, 2.45) is 5.92 Å². The first kappa shape index (κ1) is 17.0. The fourth-order valence-electron chi connectivity index (χ4n) is 3.96. The number of nitrogens with one attached hydrogen (secondary N) is 2. The molecule has 2 aliphatic heterocycles. The number of Topliss-reactive ketones (excluding diaryl/α,β-unsaturated/α-hetero) is 1. The van der Waals surface area contributed by atoms with Gasteiger partial charge in [-0.25, -0.2) is 0 Å². The van der Waals surface area contributed by atoms with Gasteiger partial charge in [0, 0.05) is 37.2 Å². The standard InChI is InChI=1S/C19H24N4O3/c1-12(24)14-9-17(20-11-14)19(25)23-6-4-13(5-7-23)15-10-16(22-21-15)18-3-2-8-26-18/h2-3,8,10,13-14,17,20H,4-7,9,11H2,1H3,(H,21,22). The number of nitrogens with zero attached hydrogens (tertiary/aromatic N) is 2. The van der Waals surface area contributed by atoms with Gasteiger partial charge in [0.05, 0.1) is 12.3 Å². The lowest BCUT2D eigenvalue weighted by molar-refractivity contribution is -0.134. The fraction of sp³-hybridized carbons (Fsp3) is 0.526. The van der Waals surface area contributed by atoms with Crippen LogP contribution < -0.4 is 5.32 Å². The number of furan rings is 1. The van der Waals surface area contributed by atoms with Crippen molar-refractivity contribution in [2.45, 2.75) is 38.1 Å². The number of hydrogen-bond donors (Lipinski definition) is 2. The van der Waals surface area contributed by atoms with Gasteiger partial charge in [0.15, 0.2) is 5.76 Å². The van der Waals surface area contributed by atoms with Gasteiger partial charge in [-0.05, 0) is 44.4 Å². The molecular formula is C19H24N4O3. The lowest BCUT2D eigenvalue weighted by Crippen LogP contribution is -2.46. The molecule has 2 fully saturated rings. The third-order valence-electron chi connectivity index (χ3n) is 5.62. The normalized spacial score (nSPS) is 24.1. The van der Waals surface area contributed by atoms with Crippen molar-refractivity contribution in [3.05, 3.63) is 30.2 Å². The van der Waals surface area contributed by atoms with Crippen molar-refractivity contribution in [3.63, 3.8) is 0 Å². The molecule has 0 spiro atoms. The SMILES string of the molecule is CC(=O)C1CNC(C(=O)N2CCC(c3cc(-c4ccco4)n[nH]3)CC2)C1. The maximum atomic E-state index is 12.7. The second-order valence-corrected chi connectivity index (χ2v) is 7.29. The molecule has 2 unspecified atom stereocenters. The monoisotopic (exact) mass is 356 g/mol. The summed E-state index contributed by atoms with van der Waals surface area (Å²) in [4.78, 5) is 26.1. The Morgan fingerprint density at radius 2 is 2.12 bits per heavy atom. The number of aromatic amines is 1. The highest BCUT2D eigenvalue weighted by Gasteiger charge is 2.35. The Morgan fingerprint density at radius 3 is 2.77 bits per heavy atom. The summed E-state index contributed by atoms with van der Waals surface area (Å²) >= 11 is 0. The molecule has 2 aromatic heterocycles. The van der Waals surface area contributed by atoms with Crippen LogP contribution in [-0.4, -0.2) is 52.5 Å². The lowest BCUT2D eigenvalue weighted by Gasteiger charge is -2.33. The topological polar surface area (TPSA) is 91.2 Å². The van der Waals surface area contributed by atoms with Crippen molar-refractivity contribution >= 4 is 11.7 Å². The zero-order valence-electron chi connectivity index (χ0n) is 14.9. The summed E-state index contributed by atoms with van der Waals surface area (Å²) in [6, 6.07) is 5.57. The number of ketones is 1. The summed E-state index contributed by atoms with van der Waals surface area (Å²) in [6.45, 7) is 3.70. The quantitative estimate of drug-likeness (QED) is 0.874. The highest BCUT2D eigenvalue weighted by Crippen LogP contribution is 2.30. The molecule has 0 saturated carbocycles. The summed E-state index contributed by atoms with van der Waals surface area (Å²) in [5, 5.41) is 10.7. The van der Waals surface area contributed by atoms with Crippen LogP contribution >= 0.6 is 0 Å². The third-order valence-corrected chi connectivity index (χ3v) is 5.62. The van der Waals surface area contributed by atoms with E-state index in [0.29, 0.717) is 18.9 Å². The highest BCUT2D eigenvalue weighted by molar-refractivity contribution is 5.85. The van der Waals surface area contributed by atoms with Crippen LogP contribution in [0.3, 0.4) is 0 Å². The minimum atomic E-state index is -0.210. The molecule has 138 valence electrons. The smallest absolute Gasteiger partial charge is 0.239 e. The molecule has 0 radical (unpaired) electrons. The molecule has 0 bridgehead atoms. The molecule has 2 atom stereocenters. The summed E-state index contributed by atoms with van der Waals surface area (Å²) in [5.41, 5.74) is 1.91. The van der Waals surface area contributed by atoms with E-state index in [1.807, 2.05) is 23.1 Å². The van der Waals surface area contributed by atoms with Gasteiger partial charge in [-0.2, -0.15) is 5.10 Å². The van der Waals surface area contributed by atoms with Gasteiger partial charge in [-0.1, -0.05) is 0 Å². The van der Waals surface area contributed by atoms with E-state index in [1.54, 1.807) is 13.2 Å². The second kappa shape index (κ2) is 7.07. The summed E-state index contributed by atoms with van der Waals surface area (Å²) in [5.74, 6) is 1.40. The van der Waals surface area contributed by atoms with Crippen molar-refractivity contribution in [3.8, 4) is 11.5 Å². The van der Waals surface area contributed by atoms with Gasteiger partial charge in [0.1, 0.15) is 11.5 Å². The number of piperidine rings is 1. The van der Waals surface area contributed by atoms with E-state index in [4.69, 9.17) is 4.42 Å². The van der Waals surface area contributed by atoms with Crippen molar-refractivity contribution in [1.82, 2.24) is 20.4 Å². The van der Waals surface area contributed by atoms with E-state index in [9.17, 15) is 9.59 Å². The molecule has 2 aliphatic rings. The largest absolute Gasteiger partial charge is 0.463 e. The van der Waals surface area contributed by atoms with Gasteiger partial charge >= 0.3 is 0 Å². The summed E-state index contributed by atoms with van der Waals surface area (Å²) in [7, 11) is 0. The molecule has 4 heterocycles. The molecule has 0 aliphatic carbocycles. The van der Waals surface area contributed by atoms with Gasteiger partial charge in [-0.3, -0.25) is 14.7 Å². The van der Waals surface area contributed by atoms with Crippen LogP contribution in [-0.2, 0) is 9.59 Å². The molecule has 4 rings (SSSR count). The average molecular weight is 356 g/mol. The van der Waals surface area contributed by atoms with E-state index >= 15 is 0 Å². The van der Waals surface area contributed by atoms with E-state index in [-0.39, 0.29) is 23.7 Å². The highest BCUT2D eigenvalue weighted by atomic mass is 16.3. The molecule has 7 heteroatoms. The molecule has 1 amide bonds. The van der Waals surface area contributed by atoms with Crippen LogP contribution in [0.5, 0.6) is 0 Å². The maximum absolute atomic E-state index is 12.7. The lowest BCUT2D eigenvalue weighted by atomic mass is 9.92. The average Bonchev–Trinajstić information content (AvgIpc) is 3.42. The minimum Gasteiger partial charge on any atom is -0.463 e. The minimum absolute atomic E-state index is 0.0218. The predicted molar refractivity (Wildman–Crippen MR) is 95.4 cm³/mol. The number of carbonyl (C=O) groups excluding carboxylic acids is 2. The van der Waals surface area contributed by atoms with Crippen LogP contribution in [0.25, 0.3) is 11.5 Å². The zero-order valence-corrected chi connectivity index (χ0v) is 14.9. The number of likely N-dealkylation sites (tertiary alicyclic amines) is 1. The number of amides is 1. The van der Waals surface area contributed by atoms with Crippen LogP contribution in [0, 0.1) is 5.92 Å². The Hall–Kier alpha value is -2.41. The fourth-order valence-corrected chi connectivity index (χ4v) is 3.96. The number of rotatable bonds is 4. The molecule has 0 aromatic carbocycles. The molecule has 2 saturated heterocycles. The van der Waals surface area contributed by atoms with Crippen molar-refractivity contribution in [2.75, 3.05) is 19.6 Å².